The van der Waals surface area contributed by atoms with Gasteiger partial charge in [0.25, 0.3) is 5.91 Å². The van der Waals surface area contributed by atoms with Crippen LogP contribution >= 0.6 is 0 Å². The van der Waals surface area contributed by atoms with E-state index < -0.39 is 23.6 Å². The third-order valence-corrected chi connectivity index (χ3v) is 7.59. The van der Waals surface area contributed by atoms with Gasteiger partial charge >= 0.3 is 0 Å². The number of likely N-dealkylation sites (tertiary alicyclic amines) is 1. The number of aromatic nitrogens is 1. The van der Waals surface area contributed by atoms with Gasteiger partial charge < -0.3 is 14.5 Å². The molecule has 8 heteroatoms. The Morgan fingerprint density at radius 1 is 1.03 bits per heavy atom. The van der Waals surface area contributed by atoms with Gasteiger partial charge in [0.05, 0.1) is 24.5 Å². The molecule has 1 unspecified atom stereocenters. The van der Waals surface area contributed by atoms with Crippen LogP contribution < -0.4 is 5.32 Å². The zero-order chi connectivity index (χ0) is 26.1. The number of piperidine rings is 1. The van der Waals surface area contributed by atoms with Gasteiger partial charge in [-0.2, -0.15) is 0 Å². The maximum atomic E-state index is 14.1. The third-order valence-electron chi connectivity index (χ3n) is 7.59. The number of carbonyl (C=O) groups excluding carboxylic acids is 1. The number of hydrogen-bond acceptors (Lipinski definition) is 5. The summed E-state index contributed by atoms with van der Waals surface area (Å²) < 4.78 is 39.1. The number of ether oxygens (including phenoxy) is 1. The summed E-state index contributed by atoms with van der Waals surface area (Å²) in [5, 5.41) is 2.88. The Kier molecular flexibility index (Phi) is 6.51. The predicted molar refractivity (Wildman–Crippen MR) is 136 cm³/mol. The molecule has 2 aliphatic rings. The van der Waals surface area contributed by atoms with E-state index >= 15 is 0 Å². The Morgan fingerprint density at radius 2 is 1.82 bits per heavy atom. The van der Waals surface area contributed by atoms with Crippen molar-refractivity contribution < 1.29 is 22.7 Å². The van der Waals surface area contributed by atoms with Crippen LogP contribution in [0.3, 0.4) is 0 Å². The molecule has 0 aliphatic carbocycles. The first-order valence-corrected chi connectivity index (χ1v) is 12.7. The standard InChI is InChI=1S/C30H27F2N3O3/c31-25-8-7-22(16-26(25)32)28(34-29(36)27-2-1-15-37-27)21-5-3-20(4-6-21)18-35-13-10-30(11-14-35)24-17-33-12-9-23(24)19-38-30/h1-9,12,15-17,28H,10-11,13-14,18-19H2,(H,34,36). The van der Waals surface area contributed by atoms with Crippen molar-refractivity contribution in [2.24, 2.45) is 0 Å². The van der Waals surface area contributed by atoms with E-state index in [9.17, 15) is 13.6 Å². The molecular weight excluding hydrogens is 488 g/mol. The molecule has 0 bridgehead atoms. The number of benzene rings is 2. The molecule has 1 saturated heterocycles. The molecular formula is C30H27F2N3O3. The van der Waals surface area contributed by atoms with E-state index in [-0.39, 0.29) is 11.4 Å². The van der Waals surface area contributed by atoms with Crippen LogP contribution in [0.4, 0.5) is 8.78 Å². The summed E-state index contributed by atoms with van der Waals surface area (Å²) >= 11 is 0. The van der Waals surface area contributed by atoms with E-state index in [1.54, 1.807) is 12.1 Å². The zero-order valence-corrected chi connectivity index (χ0v) is 20.7. The van der Waals surface area contributed by atoms with Crippen LogP contribution in [0.1, 0.15) is 57.3 Å². The molecule has 2 aromatic heterocycles. The van der Waals surface area contributed by atoms with Gasteiger partial charge in [0.15, 0.2) is 17.4 Å². The van der Waals surface area contributed by atoms with Crippen molar-refractivity contribution >= 4 is 5.91 Å². The van der Waals surface area contributed by atoms with Crippen LogP contribution in [0, 0.1) is 11.6 Å². The molecule has 1 atom stereocenters. The van der Waals surface area contributed by atoms with E-state index in [2.05, 4.69) is 15.2 Å². The molecule has 2 aliphatic heterocycles. The molecule has 1 spiro atoms. The quantitative estimate of drug-likeness (QED) is 0.368. The molecule has 4 aromatic rings. The minimum atomic E-state index is -0.969. The van der Waals surface area contributed by atoms with Gasteiger partial charge in [-0.3, -0.25) is 14.7 Å². The summed E-state index contributed by atoms with van der Waals surface area (Å²) in [4.78, 5) is 19.5. The number of halogens is 2. The molecule has 6 rings (SSSR count). The number of rotatable bonds is 6. The van der Waals surface area contributed by atoms with Gasteiger partial charge in [0, 0.05) is 37.6 Å². The van der Waals surface area contributed by atoms with Gasteiger partial charge in [-0.05, 0) is 65.4 Å². The average Bonchev–Trinajstić information content (AvgIpc) is 3.61. The molecule has 194 valence electrons. The number of nitrogens with zero attached hydrogens (tertiary/aromatic N) is 2. The van der Waals surface area contributed by atoms with E-state index in [4.69, 9.17) is 9.15 Å². The minimum absolute atomic E-state index is 0.140. The lowest BCUT2D eigenvalue weighted by atomic mass is 9.84. The van der Waals surface area contributed by atoms with E-state index in [0.717, 1.165) is 55.7 Å². The molecule has 1 fully saturated rings. The number of carbonyl (C=O) groups is 1. The Hall–Kier alpha value is -3.88. The molecule has 0 saturated carbocycles. The number of fused-ring (bicyclic) bond motifs is 2. The molecule has 6 nitrogen and oxygen atoms in total. The second kappa shape index (κ2) is 10.1. The van der Waals surface area contributed by atoms with Gasteiger partial charge in [-0.1, -0.05) is 30.3 Å². The first kappa shape index (κ1) is 24.5. The third kappa shape index (κ3) is 4.73. The van der Waals surface area contributed by atoms with Crippen molar-refractivity contribution in [3.05, 3.63) is 125 Å². The lowest BCUT2D eigenvalue weighted by molar-refractivity contribution is -0.0800. The fourth-order valence-electron chi connectivity index (χ4n) is 5.47. The van der Waals surface area contributed by atoms with Crippen LogP contribution in [0.5, 0.6) is 0 Å². The smallest absolute Gasteiger partial charge is 0.287 e. The van der Waals surface area contributed by atoms with Crippen LogP contribution in [-0.4, -0.2) is 28.9 Å². The second-order valence-corrected chi connectivity index (χ2v) is 9.89. The maximum absolute atomic E-state index is 14.1. The average molecular weight is 516 g/mol. The number of nitrogens with one attached hydrogen (secondary N) is 1. The number of pyridine rings is 1. The lowest BCUT2D eigenvalue weighted by Gasteiger charge is -2.39. The van der Waals surface area contributed by atoms with Crippen LogP contribution in [0.15, 0.2) is 83.7 Å². The van der Waals surface area contributed by atoms with Gasteiger partial charge in [-0.25, -0.2) is 8.78 Å². The molecule has 1 amide bonds. The Labute approximate surface area is 219 Å². The van der Waals surface area contributed by atoms with Crippen LogP contribution in [-0.2, 0) is 23.5 Å². The van der Waals surface area contributed by atoms with E-state index in [1.807, 2.05) is 42.7 Å². The highest BCUT2D eigenvalue weighted by atomic mass is 19.2. The normalized spacial score (nSPS) is 17.3. The monoisotopic (exact) mass is 515 g/mol. The van der Waals surface area contributed by atoms with Gasteiger partial charge in [0.1, 0.15) is 0 Å². The largest absolute Gasteiger partial charge is 0.459 e. The highest BCUT2D eigenvalue weighted by Crippen LogP contribution is 2.43. The first-order chi connectivity index (χ1) is 18.5. The summed E-state index contributed by atoms with van der Waals surface area (Å²) in [6, 6.07) is 16.0. The molecule has 38 heavy (non-hydrogen) atoms. The molecule has 1 N–H and O–H groups in total. The van der Waals surface area contributed by atoms with Gasteiger partial charge in [0.2, 0.25) is 0 Å². The lowest BCUT2D eigenvalue weighted by Crippen LogP contribution is -2.42. The summed E-state index contributed by atoms with van der Waals surface area (Å²) in [6.07, 6.45) is 7.01. The van der Waals surface area contributed by atoms with Crippen molar-refractivity contribution in [1.82, 2.24) is 15.2 Å². The highest BCUT2D eigenvalue weighted by molar-refractivity contribution is 5.91. The van der Waals surface area contributed by atoms with Crippen molar-refractivity contribution in [2.45, 2.75) is 37.6 Å². The zero-order valence-electron chi connectivity index (χ0n) is 20.7. The summed E-state index contributed by atoms with van der Waals surface area (Å²) in [6.45, 7) is 3.25. The summed E-state index contributed by atoms with van der Waals surface area (Å²) in [5.74, 6) is -2.21. The maximum Gasteiger partial charge on any atom is 0.287 e. The molecule has 0 radical (unpaired) electrons. The Morgan fingerprint density at radius 3 is 2.55 bits per heavy atom. The summed E-state index contributed by atoms with van der Waals surface area (Å²) in [7, 11) is 0. The SMILES string of the molecule is O=C(NC(c1ccc(CN2CCC3(CC2)OCc2ccncc23)cc1)c1ccc(F)c(F)c1)c1ccco1. The Bertz CT molecular complexity index is 1430. The van der Waals surface area contributed by atoms with Crippen molar-refractivity contribution in [1.29, 1.82) is 0 Å². The Balaban J connectivity index is 1.16. The van der Waals surface area contributed by atoms with E-state index in [0.29, 0.717) is 12.2 Å². The molecule has 2 aromatic carbocycles. The topological polar surface area (TPSA) is 67.6 Å². The number of hydrogen-bond donors (Lipinski definition) is 1. The van der Waals surface area contributed by atoms with E-state index in [1.165, 1.54) is 23.5 Å². The van der Waals surface area contributed by atoms with Crippen molar-refractivity contribution in [3.8, 4) is 0 Å². The molecule has 4 heterocycles. The minimum Gasteiger partial charge on any atom is -0.459 e. The summed E-state index contributed by atoms with van der Waals surface area (Å²) in [5.41, 5.74) is 4.54. The fraction of sp³-hybridized carbons (Fsp3) is 0.267. The fourth-order valence-corrected chi connectivity index (χ4v) is 5.47. The second-order valence-electron chi connectivity index (χ2n) is 9.89. The van der Waals surface area contributed by atoms with Crippen molar-refractivity contribution in [2.75, 3.05) is 13.1 Å². The van der Waals surface area contributed by atoms with Gasteiger partial charge in [-0.15, -0.1) is 0 Å². The van der Waals surface area contributed by atoms with Crippen molar-refractivity contribution in [3.63, 3.8) is 0 Å². The highest BCUT2D eigenvalue weighted by Gasteiger charge is 2.42. The number of amides is 1. The van der Waals surface area contributed by atoms with Crippen LogP contribution in [0.2, 0.25) is 0 Å². The number of furan rings is 1. The van der Waals surface area contributed by atoms with Crippen LogP contribution in [0.25, 0.3) is 0 Å². The predicted octanol–water partition coefficient (Wildman–Crippen LogP) is 5.49. The first-order valence-electron chi connectivity index (χ1n) is 12.7.